The van der Waals surface area contributed by atoms with Crippen molar-refractivity contribution in [1.82, 2.24) is 15.1 Å². The first-order chi connectivity index (χ1) is 9.10. The van der Waals surface area contributed by atoms with Crippen molar-refractivity contribution in [3.8, 4) is 0 Å². The zero-order valence-corrected chi connectivity index (χ0v) is 11.6. The van der Waals surface area contributed by atoms with Crippen molar-refractivity contribution in [2.75, 3.05) is 5.73 Å². The zero-order valence-electron chi connectivity index (χ0n) is 11.6. The minimum atomic E-state index is -0.0579. The summed E-state index contributed by atoms with van der Waals surface area (Å²) in [6.07, 6.45) is 5.02. The van der Waals surface area contributed by atoms with Crippen LogP contribution >= 0.6 is 0 Å². The lowest BCUT2D eigenvalue weighted by molar-refractivity contribution is 0.0913. The molecule has 3 N–H and O–H groups in total. The SMILES string of the molecule is CCn1nc(C)c(N)c1C(=O)NC1CC2CCC1C2. The first-order valence-corrected chi connectivity index (χ1v) is 7.23. The maximum Gasteiger partial charge on any atom is 0.271 e. The molecule has 104 valence electrons. The Morgan fingerprint density at radius 1 is 1.47 bits per heavy atom. The standard InChI is InChI=1S/C14H22N4O/c1-3-18-13(12(15)8(2)17-18)14(19)16-11-7-9-4-5-10(11)6-9/h9-11H,3-7,15H2,1-2H3,(H,16,19). The van der Waals surface area contributed by atoms with Gasteiger partial charge in [0.1, 0.15) is 5.69 Å². The summed E-state index contributed by atoms with van der Waals surface area (Å²) in [5, 5.41) is 7.48. The Labute approximate surface area is 113 Å². The molecule has 3 unspecified atom stereocenters. The fraction of sp³-hybridized carbons (Fsp3) is 0.714. The van der Waals surface area contributed by atoms with Gasteiger partial charge in [0.05, 0.1) is 11.4 Å². The van der Waals surface area contributed by atoms with Crippen LogP contribution in [0.25, 0.3) is 0 Å². The monoisotopic (exact) mass is 262 g/mol. The van der Waals surface area contributed by atoms with Gasteiger partial charge < -0.3 is 11.1 Å². The van der Waals surface area contributed by atoms with Crippen molar-refractivity contribution < 1.29 is 4.79 Å². The fourth-order valence-electron chi connectivity index (χ4n) is 3.72. The molecule has 1 aromatic heterocycles. The molecule has 2 fully saturated rings. The molecule has 0 spiro atoms. The van der Waals surface area contributed by atoms with E-state index in [1.807, 2.05) is 13.8 Å². The number of rotatable bonds is 3. The Bertz CT molecular complexity index is 508. The highest BCUT2D eigenvalue weighted by atomic mass is 16.2. The molecular weight excluding hydrogens is 240 g/mol. The lowest BCUT2D eigenvalue weighted by atomic mass is 9.95. The summed E-state index contributed by atoms with van der Waals surface area (Å²) in [7, 11) is 0. The third kappa shape index (κ3) is 2.01. The summed E-state index contributed by atoms with van der Waals surface area (Å²) in [4.78, 5) is 12.4. The van der Waals surface area contributed by atoms with Crippen LogP contribution in [-0.2, 0) is 6.54 Å². The van der Waals surface area contributed by atoms with E-state index in [0.717, 1.165) is 18.0 Å². The molecule has 2 bridgehead atoms. The Kier molecular flexibility index (Phi) is 2.99. The van der Waals surface area contributed by atoms with Crippen LogP contribution in [0.2, 0.25) is 0 Å². The van der Waals surface area contributed by atoms with Crippen molar-refractivity contribution in [3.05, 3.63) is 11.4 Å². The van der Waals surface area contributed by atoms with Crippen molar-refractivity contribution in [2.24, 2.45) is 11.8 Å². The summed E-state index contributed by atoms with van der Waals surface area (Å²) in [5.41, 5.74) is 7.77. The van der Waals surface area contributed by atoms with Gasteiger partial charge in [-0.3, -0.25) is 9.48 Å². The van der Waals surface area contributed by atoms with Crippen LogP contribution in [-0.4, -0.2) is 21.7 Å². The number of carbonyl (C=O) groups is 1. The Morgan fingerprint density at radius 2 is 2.26 bits per heavy atom. The van der Waals surface area contributed by atoms with E-state index in [1.165, 1.54) is 19.3 Å². The van der Waals surface area contributed by atoms with Gasteiger partial charge in [0, 0.05) is 12.6 Å². The molecule has 2 aliphatic carbocycles. The highest BCUT2D eigenvalue weighted by Gasteiger charge is 2.40. The Hall–Kier alpha value is -1.52. The summed E-state index contributed by atoms with van der Waals surface area (Å²) >= 11 is 0. The molecule has 2 aliphatic rings. The largest absolute Gasteiger partial charge is 0.395 e. The quantitative estimate of drug-likeness (QED) is 0.871. The van der Waals surface area contributed by atoms with Gasteiger partial charge in [0.2, 0.25) is 0 Å². The lowest BCUT2D eigenvalue weighted by Crippen LogP contribution is -2.39. The lowest BCUT2D eigenvalue weighted by Gasteiger charge is -2.23. The van der Waals surface area contributed by atoms with Gasteiger partial charge in [0.15, 0.2) is 0 Å². The number of nitrogens with zero attached hydrogens (tertiary/aromatic N) is 2. The Balaban J connectivity index is 1.77. The van der Waals surface area contributed by atoms with Crippen LogP contribution in [0, 0.1) is 18.8 Å². The minimum Gasteiger partial charge on any atom is -0.395 e. The van der Waals surface area contributed by atoms with Gasteiger partial charge in [-0.1, -0.05) is 6.42 Å². The minimum absolute atomic E-state index is 0.0579. The van der Waals surface area contributed by atoms with Gasteiger partial charge in [-0.25, -0.2) is 0 Å². The smallest absolute Gasteiger partial charge is 0.271 e. The van der Waals surface area contributed by atoms with Gasteiger partial charge in [-0.15, -0.1) is 0 Å². The number of hydrogen-bond acceptors (Lipinski definition) is 3. The van der Waals surface area contributed by atoms with Crippen LogP contribution in [0.5, 0.6) is 0 Å². The van der Waals surface area contributed by atoms with E-state index in [1.54, 1.807) is 4.68 Å². The predicted octanol–water partition coefficient (Wildman–Crippen LogP) is 1.71. The summed E-state index contributed by atoms with van der Waals surface area (Å²) in [5.74, 6) is 1.44. The van der Waals surface area contributed by atoms with Crippen LogP contribution in [0.3, 0.4) is 0 Å². The number of aromatic nitrogens is 2. The first-order valence-electron chi connectivity index (χ1n) is 7.23. The van der Waals surface area contributed by atoms with Crippen LogP contribution in [0.4, 0.5) is 5.69 Å². The molecule has 0 saturated heterocycles. The van der Waals surface area contributed by atoms with E-state index in [2.05, 4.69) is 10.4 Å². The molecule has 2 saturated carbocycles. The van der Waals surface area contributed by atoms with E-state index < -0.39 is 0 Å². The topological polar surface area (TPSA) is 72.9 Å². The first kappa shape index (κ1) is 12.5. The number of carbonyl (C=O) groups excluding carboxylic acids is 1. The average Bonchev–Trinajstić information content (AvgIpc) is 3.05. The molecule has 0 aromatic carbocycles. The summed E-state index contributed by atoms with van der Waals surface area (Å²) in [6, 6.07) is 0.339. The van der Waals surface area contributed by atoms with Crippen molar-refractivity contribution >= 4 is 11.6 Å². The van der Waals surface area contributed by atoms with E-state index in [4.69, 9.17) is 5.73 Å². The van der Waals surface area contributed by atoms with E-state index >= 15 is 0 Å². The molecule has 5 heteroatoms. The van der Waals surface area contributed by atoms with Crippen LogP contribution < -0.4 is 11.1 Å². The molecule has 1 aromatic rings. The van der Waals surface area contributed by atoms with Gasteiger partial charge >= 0.3 is 0 Å². The molecule has 1 heterocycles. The second-order valence-electron chi connectivity index (χ2n) is 5.92. The number of nitrogens with two attached hydrogens (primary N) is 1. The van der Waals surface area contributed by atoms with Gasteiger partial charge in [0.25, 0.3) is 5.91 Å². The number of aryl methyl sites for hydroxylation is 2. The van der Waals surface area contributed by atoms with Gasteiger partial charge in [-0.2, -0.15) is 5.10 Å². The number of hydrogen-bond donors (Lipinski definition) is 2. The number of nitrogen functional groups attached to an aromatic ring is 1. The number of amides is 1. The molecular formula is C14H22N4O. The third-order valence-corrected chi connectivity index (χ3v) is 4.74. The summed E-state index contributed by atoms with van der Waals surface area (Å²) < 4.78 is 1.70. The van der Waals surface area contributed by atoms with Crippen LogP contribution in [0.15, 0.2) is 0 Å². The predicted molar refractivity (Wildman–Crippen MR) is 73.8 cm³/mol. The van der Waals surface area contributed by atoms with Crippen LogP contribution in [0.1, 0.15) is 48.8 Å². The summed E-state index contributed by atoms with van der Waals surface area (Å²) in [6.45, 7) is 4.48. The zero-order chi connectivity index (χ0) is 13.6. The molecule has 5 nitrogen and oxygen atoms in total. The average molecular weight is 262 g/mol. The number of nitrogens with one attached hydrogen (secondary N) is 1. The van der Waals surface area contributed by atoms with Gasteiger partial charge in [-0.05, 0) is 44.9 Å². The van der Waals surface area contributed by atoms with Crippen molar-refractivity contribution in [1.29, 1.82) is 0 Å². The second-order valence-corrected chi connectivity index (χ2v) is 5.92. The molecule has 3 atom stereocenters. The van der Waals surface area contributed by atoms with E-state index in [0.29, 0.717) is 29.9 Å². The fourth-order valence-corrected chi connectivity index (χ4v) is 3.72. The van der Waals surface area contributed by atoms with Crippen molar-refractivity contribution in [3.63, 3.8) is 0 Å². The van der Waals surface area contributed by atoms with Crippen molar-refractivity contribution in [2.45, 2.75) is 52.1 Å². The third-order valence-electron chi connectivity index (χ3n) is 4.74. The highest BCUT2D eigenvalue weighted by molar-refractivity contribution is 5.98. The second kappa shape index (κ2) is 4.54. The molecule has 19 heavy (non-hydrogen) atoms. The molecule has 0 radical (unpaired) electrons. The molecule has 3 rings (SSSR count). The normalized spacial score (nSPS) is 28.8. The Morgan fingerprint density at radius 3 is 2.84 bits per heavy atom. The molecule has 1 amide bonds. The number of anilines is 1. The highest BCUT2D eigenvalue weighted by Crippen LogP contribution is 2.44. The van der Waals surface area contributed by atoms with E-state index in [9.17, 15) is 4.79 Å². The maximum atomic E-state index is 12.4. The number of fused-ring (bicyclic) bond motifs is 2. The van der Waals surface area contributed by atoms with E-state index in [-0.39, 0.29) is 5.91 Å². The molecule has 0 aliphatic heterocycles. The maximum absolute atomic E-state index is 12.4.